The molecule has 0 N–H and O–H groups in total. The lowest BCUT2D eigenvalue weighted by Gasteiger charge is -2.14. The minimum Gasteiger partial charge on any atom is -0.336 e. The van der Waals surface area contributed by atoms with Crippen LogP contribution in [0.3, 0.4) is 0 Å². The predicted molar refractivity (Wildman–Crippen MR) is 93.5 cm³/mol. The van der Waals surface area contributed by atoms with Gasteiger partial charge in [-0.1, -0.05) is 6.07 Å². The third-order valence-electron chi connectivity index (χ3n) is 4.17. The van der Waals surface area contributed by atoms with E-state index in [2.05, 4.69) is 15.1 Å². The highest BCUT2D eigenvalue weighted by atomic mass is 16.2. The van der Waals surface area contributed by atoms with Crippen molar-refractivity contribution >= 4 is 17.2 Å². The van der Waals surface area contributed by atoms with Gasteiger partial charge in [0.25, 0.3) is 5.91 Å². The molecule has 0 aromatic carbocycles. The highest BCUT2D eigenvalue weighted by molar-refractivity contribution is 5.99. The quantitative estimate of drug-likeness (QED) is 0.576. The number of aromatic nitrogens is 5. The summed E-state index contributed by atoms with van der Waals surface area (Å²) in [7, 11) is 1.76. The Morgan fingerprint density at radius 2 is 2.08 bits per heavy atom. The Balaban J connectivity index is 1.64. The SMILES string of the molecule is Cc1cc(C)n2ncc(C(=O)N(C)Cc3cn4ccccc4n3)c2n1. The smallest absolute Gasteiger partial charge is 0.259 e. The second-order valence-corrected chi connectivity index (χ2v) is 6.19. The number of pyridine rings is 1. The maximum absolute atomic E-state index is 12.9. The van der Waals surface area contributed by atoms with Crippen LogP contribution in [0.15, 0.2) is 42.9 Å². The normalized spacial score (nSPS) is 11.3. The molecule has 25 heavy (non-hydrogen) atoms. The lowest BCUT2D eigenvalue weighted by atomic mass is 10.2. The second-order valence-electron chi connectivity index (χ2n) is 6.19. The number of hydrogen-bond acceptors (Lipinski definition) is 4. The largest absolute Gasteiger partial charge is 0.336 e. The number of fused-ring (bicyclic) bond motifs is 2. The average molecular weight is 334 g/mol. The van der Waals surface area contributed by atoms with Gasteiger partial charge in [-0.15, -0.1) is 0 Å². The van der Waals surface area contributed by atoms with Gasteiger partial charge >= 0.3 is 0 Å². The molecule has 0 fully saturated rings. The molecule has 0 saturated heterocycles. The molecule has 0 spiro atoms. The fourth-order valence-corrected chi connectivity index (χ4v) is 3.01. The molecule has 4 rings (SSSR count). The predicted octanol–water partition coefficient (Wildman–Crippen LogP) is 2.27. The number of aryl methyl sites for hydroxylation is 2. The number of carbonyl (C=O) groups excluding carboxylic acids is 1. The van der Waals surface area contributed by atoms with Crippen molar-refractivity contribution in [1.82, 2.24) is 28.9 Å². The number of carbonyl (C=O) groups is 1. The molecule has 0 unspecified atom stereocenters. The van der Waals surface area contributed by atoms with Crippen molar-refractivity contribution in [1.29, 1.82) is 0 Å². The number of hydrogen-bond donors (Lipinski definition) is 0. The van der Waals surface area contributed by atoms with Gasteiger partial charge in [-0.2, -0.15) is 5.10 Å². The zero-order chi connectivity index (χ0) is 17.6. The summed E-state index contributed by atoms with van der Waals surface area (Å²) in [5.41, 5.74) is 4.59. The van der Waals surface area contributed by atoms with Crippen LogP contribution in [0, 0.1) is 13.8 Å². The first kappa shape index (κ1) is 15.3. The van der Waals surface area contributed by atoms with E-state index in [1.54, 1.807) is 22.7 Å². The molecule has 0 bridgehead atoms. The molecular formula is C18H18N6O. The topological polar surface area (TPSA) is 67.8 Å². The Labute approximate surface area is 144 Å². The van der Waals surface area contributed by atoms with Crippen molar-refractivity contribution in [3.05, 3.63) is 65.5 Å². The van der Waals surface area contributed by atoms with Crippen LogP contribution in [0.25, 0.3) is 11.3 Å². The fraction of sp³-hybridized carbons (Fsp3) is 0.222. The highest BCUT2D eigenvalue weighted by Gasteiger charge is 2.20. The van der Waals surface area contributed by atoms with Crippen LogP contribution in [0.1, 0.15) is 27.4 Å². The van der Waals surface area contributed by atoms with Gasteiger partial charge < -0.3 is 9.30 Å². The van der Waals surface area contributed by atoms with Crippen LogP contribution in [-0.4, -0.2) is 41.8 Å². The number of rotatable bonds is 3. The Hall–Kier alpha value is -3.22. The Bertz CT molecular complexity index is 1060. The van der Waals surface area contributed by atoms with E-state index in [9.17, 15) is 4.79 Å². The number of nitrogens with zero attached hydrogens (tertiary/aromatic N) is 6. The zero-order valence-electron chi connectivity index (χ0n) is 14.3. The molecule has 7 nitrogen and oxygen atoms in total. The van der Waals surface area contributed by atoms with Gasteiger partial charge in [0.2, 0.25) is 0 Å². The summed E-state index contributed by atoms with van der Waals surface area (Å²) in [6.07, 6.45) is 5.45. The first-order chi connectivity index (χ1) is 12.0. The Morgan fingerprint density at radius 1 is 1.24 bits per heavy atom. The lowest BCUT2D eigenvalue weighted by Crippen LogP contribution is -2.26. The molecule has 0 saturated carbocycles. The van der Waals surface area contributed by atoms with Gasteiger partial charge in [0, 0.05) is 30.8 Å². The minimum absolute atomic E-state index is 0.121. The van der Waals surface area contributed by atoms with Crippen molar-refractivity contribution in [2.24, 2.45) is 0 Å². The van der Waals surface area contributed by atoms with E-state index < -0.39 is 0 Å². The summed E-state index contributed by atoms with van der Waals surface area (Å²) in [5.74, 6) is -0.121. The Kier molecular flexibility index (Phi) is 3.49. The van der Waals surface area contributed by atoms with E-state index in [1.807, 2.05) is 54.9 Å². The van der Waals surface area contributed by atoms with Crippen molar-refractivity contribution in [3.8, 4) is 0 Å². The molecule has 4 heterocycles. The number of amides is 1. The van der Waals surface area contributed by atoms with Crippen molar-refractivity contribution in [2.75, 3.05) is 7.05 Å². The molecule has 0 aliphatic rings. The van der Waals surface area contributed by atoms with Crippen LogP contribution < -0.4 is 0 Å². The Morgan fingerprint density at radius 3 is 2.88 bits per heavy atom. The monoisotopic (exact) mass is 334 g/mol. The minimum atomic E-state index is -0.121. The first-order valence-electron chi connectivity index (χ1n) is 8.03. The molecule has 4 aromatic rings. The zero-order valence-corrected chi connectivity index (χ0v) is 14.3. The number of imidazole rings is 1. The molecule has 7 heteroatoms. The van der Waals surface area contributed by atoms with E-state index in [4.69, 9.17) is 0 Å². The van der Waals surface area contributed by atoms with Gasteiger partial charge in [-0.05, 0) is 32.0 Å². The van der Waals surface area contributed by atoms with Gasteiger partial charge in [-0.3, -0.25) is 4.79 Å². The lowest BCUT2D eigenvalue weighted by molar-refractivity contribution is 0.0785. The van der Waals surface area contributed by atoms with E-state index >= 15 is 0 Å². The second kappa shape index (κ2) is 5.70. The summed E-state index contributed by atoms with van der Waals surface area (Å²) in [6, 6.07) is 7.76. The van der Waals surface area contributed by atoms with E-state index in [1.165, 1.54) is 0 Å². The first-order valence-corrected chi connectivity index (χ1v) is 8.03. The summed E-state index contributed by atoms with van der Waals surface area (Å²) in [5, 5.41) is 4.29. The molecule has 0 aliphatic heterocycles. The molecule has 0 aliphatic carbocycles. The maximum Gasteiger partial charge on any atom is 0.259 e. The van der Waals surface area contributed by atoms with Crippen LogP contribution in [0.2, 0.25) is 0 Å². The molecule has 126 valence electrons. The molecule has 0 atom stereocenters. The van der Waals surface area contributed by atoms with E-state index in [0.717, 1.165) is 22.7 Å². The fourth-order valence-electron chi connectivity index (χ4n) is 3.01. The standard InChI is InChI=1S/C18H18N6O/c1-12-8-13(2)24-17(20-12)15(9-19-24)18(25)22(3)10-14-11-23-7-5-4-6-16(23)21-14/h4-9,11H,10H2,1-3H3. The van der Waals surface area contributed by atoms with Crippen LogP contribution in [0.5, 0.6) is 0 Å². The van der Waals surface area contributed by atoms with Crippen molar-refractivity contribution in [2.45, 2.75) is 20.4 Å². The summed E-state index contributed by atoms with van der Waals surface area (Å²) in [6.45, 7) is 4.28. The van der Waals surface area contributed by atoms with Gasteiger partial charge in [-0.25, -0.2) is 14.5 Å². The highest BCUT2D eigenvalue weighted by Crippen LogP contribution is 2.15. The van der Waals surface area contributed by atoms with Gasteiger partial charge in [0.15, 0.2) is 5.65 Å². The van der Waals surface area contributed by atoms with E-state index in [-0.39, 0.29) is 5.91 Å². The summed E-state index contributed by atoms with van der Waals surface area (Å²) >= 11 is 0. The van der Waals surface area contributed by atoms with Gasteiger partial charge in [0.1, 0.15) is 11.2 Å². The van der Waals surface area contributed by atoms with Crippen molar-refractivity contribution < 1.29 is 4.79 Å². The van der Waals surface area contributed by atoms with Crippen LogP contribution in [0.4, 0.5) is 0 Å². The average Bonchev–Trinajstić information content (AvgIpc) is 3.17. The summed E-state index contributed by atoms with van der Waals surface area (Å²) in [4.78, 5) is 23.5. The van der Waals surface area contributed by atoms with Crippen LogP contribution >= 0.6 is 0 Å². The van der Waals surface area contributed by atoms with Gasteiger partial charge in [0.05, 0.1) is 18.4 Å². The molecule has 1 amide bonds. The molecule has 4 aromatic heterocycles. The van der Waals surface area contributed by atoms with E-state index in [0.29, 0.717) is 17.8 Å². The molecular weight excluding hydrogens is 316 g/mol. The van der Waals surface area contributed by atoms with Crippen LogP contribution in [-0.2, 0) is 6.54 Å². The third kappa shape index (κ3) is 2.63. The molecule has 0 radical (unpaired) electrons. The summed E-state index contributed by atoms with van der Waals surface area (Å²) < 4.78 is 3.64. The maximum atomic E-state index is 12.9. The third-order valence-corrected chi connectivity index (χ3v) is 4.17. The van der Waals surface area contributed by atoms with Crippen molar-refractivity contribution in [3.63, 3.8) is 0 Å².